The lowest BCUT2D eigenvalue weighted by Gasteiger charge is -2.31. The first-order valence-corrected chi connectivity index (χ1v) is 5.60. The summed E-state index contributed by atoms with van der Waals surface area (Å²) in [5.41, 5.74) is 0. The number of imide groups is 1. The Balaban J connectivity index is 2.08. The zero-order chi connectivity index (χ0) is 13.3. The number of piperazine rings is 1. The molecule has 0 aromatic carbocycles. The largest absolute Gasteiger partial charge is 0.480 e. The van der Waals surface area contributed by atoms with Crippen LogP contribution in [0.4, 0.5) is 4.79 Å². The van der Waals surface area contributed by atoms with Crippen LogP contribution in [0.15, 0.2) is 0 Å². The van der Waals surface area contributed by atoms with E-state index in [-0.39, 0.29) is 13.1 Å². The van der Waals surface area contributed by atoms with E-state index < -0.39 is 29.9 Å². The van der Waals surface area contributed by atoms with Crippen molar-refractivity contribution in [2.24, 2.45) is 0 Å². The minimum absolute atomic E-state index is 0.215. The third-order valence-corrected chi connectivity index (χ3v) is 3.00. The number of hydrogen-bond donors (Lipinski definition) is 2. The summed E-state index contributed by atoms with van der Waals surface area (Å²) in [5.74, 6) is -2.16. The second kappa shape index (κ2) is 4.63. The van der Waals surface area contributed by atoms with Crippen LogP contribution in [0.1, 0.15) is 12.8 Å². The van der Waals surface area contributed by atoms with Crippen molar-refractivity contribution in [3.8, 4) is 0 Å². The summed E-state index contributed by atoms with van der Waals surface area (Å²) in [4.78, 5) is 47.6. The molecule has 2 N–H and O–H groups in total. The Labute approximate surface area is 103 Å². The van der Waals surface area contributed by atoms with Crippen LogP contribution in [0.5, 0.6) is 0 Å². The van der Waals surface area contributed by atoms with Crippen molar-refractivity contribution in [3.63, 3.8) is 0 Å². The Morgan fingerprint density at radius 1 is 1.22 bits per heavy atom. The lowest BCUT2D eigenvalue weighted by atomic mass is 10.2. The highest BCUT2D eigenvalue weighted by Gasteiger charge is 2.38. The smallest absolute Gasteiger partial charge is 0.326 e. The lowest BCUT2D eigenvalue weighted by Crippen LogP contribution is -2.57. The van der Waals surface area contributed by atoms with E-state index in [2.05, 4.69) is 5.32 Å². The fourth-order valence-corrected chi connectivity index (χ4v) is 2.21. The first kappa shape index (κ1) is 12.3. The molecular weight excluding hydrogens is 242 g/mol. The average Bonchev–Trinajstić information content (AvgIpc) is 2.75. The maximum absolute atomic E-state index is 12.1. The number of urea groups is 1. The van der Waals surface area contributed by atoms with Gasteiger partial charge in [-0.2, -0.15) is 0 Å². The normalized spacial score (nSPS) is 24.1. The van der Waals surface area contributed by atoms with Gasteiger partial charge >= 0.3 is 12.0 Å². The maximum Gasteiger partial charge on any atom is 0.326 e. The van der Waals surface area contributed by atoms with Crippen LogP contribution >= 0.6 is 0 Å². The molecule has 98 valence electrons. The van der Waals surface area contributed by atoms with Gasteiger partial charge in [0.15, 0.2) is 0 Å². The number of rotatable bonds is 1. The van der Waals surface area contributed by atoms with Crippen LogP contribution in [0.25, 0.3) is 0 Å². The number of carboxylic acids is 1. The second-order valence-electron chi connectivity index (χ2n) is 4.30. The van der Waals surface area contributed by atoms with Gasteiger partial charge in [-0.25, -0.2) is 9.59 Å². The van der Waals surface area contributed by atoms with Crippen LogP contribution in [0.2, 0.25) is 0 Å². The minimum atomic E-state index is -1.06. The standard InChI is InChI=1S/C10H13N3O5/c14-7-4-12(5-8(15)11-7)10(18)13-3-1-2-6(13)9(16)17/h6H,1-5H2,(H,16,17)(H,11,14,15)/t6-/m0/s1. The van der Waals surface area contributed by atoms with Crippen molar-refractivity contribution in [1.29, 1.82) is 0 Å². The topological polar surface area (TPSA) is 107 Å². The van der Waals surface area contributed by atoms with Crippen LogP contribution in [-0.2, 0) is 14.4 Å². The molecule has 8 heteroatoms. The Morgan fingerprint density at radius 3 is 2.39 bits per heavy atom. The Hall–Kier alpha value is -2.12. The summed E-state index contributed by atoms with van der Waals surface area (Å²) < 4.78 is 0. The van der Waals surface area contributed by atoms with Crippen molar-refractivity contribution < 1.29 is 24.3 Å². The first-order valence-electron chi connectivity index (χ1n) is 5.60. The summed E-state index contributed by atoms with van der Waals surface area (Å²) in [6.07, 6.45) is 1.01. The molecule has 0 saturated carbocycles. The molecule has 2 saturated heterocycles. The fraction of sp³-hybridized carbons (Fsp3) is 0.600. The molecule has 2 rings (SSSR count). The van der Waals surface area contributed by atoms with Gasteiger partial charge in [0.05, 0.1) is 0 Å². The second-order valence-corrected chi connectivity index (χ2v) is 4.30. The predicted molar refractivity (Wildman–Crippen MR) is 57.5 cm³/mol. The summed E-state index contributed by atoms with van der Waals surface area (Å²) in [6.45, 7) is -0.0943. The van der Waals surface area contributed by atoms with Gasteiger partial charge in [0.25, 0.3) is 0 Å². The average molecular weight is 255 g/mol. The molecule has 0 radical (unpaired) electrons. The molecule has 1 atom stereocenters. The number of carbonyl (C=O) groups excluding carboxylic acids is 3. The van der Waals surface area contributed by atoms with Gasteiger partial charge in [-0.15, -0.1) is 0 Å². The van der Waals surface area contributed by atoms with E-state index in [1.165, 1.54) is 4.90 Å². The third kappa shape index (κ3) is 2.27. The van der Waals surface area contributed by atoms with E-state index in [0.29, 0.717) is 19.4 Å². The van der Waals surface area contributed by atoms with Crippen LogP contribution in [-0.4, -0.2) is 64.4 Å². The molecule has 0 spiro atoms. The van der Waals surface area contributed by atoms with E-state index in [4.69, 9.17) is 5.11 Å². The third-order valence-electron chi connectivity index (χ3n) is 3.00. The van der Waals surface area contributed by atoms with Gasteiger partial charge in [0.2, 0.25) is 11.8 Å². The number of likely N-dealkylation sites (tertiary alicyclic amines) is 1. The van der Waals surface area contributed by atoms with Crippen molar-refractivity contribution in [2.75, 3.05) is 19.6 Å². The Morgan fingerprint density at radius 2 is 1.83 bits per heavy atom. The highest BCUT2D eigenvalue weighted by Crippen LogP contribution is 2.19. The molecule has 0 aliphatic carbocycles. The van der Waals surface area contributed by atoms with Crippen molar-refractivity contribution >= 4 is 23.8 Å². The monoisotopic (exact) mass is 255 g/mol. The molecule has 0 bridgehead atoms. The van der Waals surface area contributed by atoms with Crippen molar-refractivity contribution in [2.45, 2.75) is 18.9 Å². The van der Waals surface area contributed by atoms with E-state index in [1.807, 2.05) is 0 Å². The van der Waals surface area contributed by atoms with Gasteiger partial charge in [-0.05, 0) is 12.8 Å². The molecule has 0 aromatic rings. The van der Waals surface area contributed by atoms with Crippen molar-refractivity contribution in [3.05, 3.63) is 0 Å². The molecule has 0 unspecified atom stereocenters. The van der Waals surface area contributed by atoms with Crippen LogP contribution in [0.3, 0.4) is 0 Å². The van der Waals surface area contributed by atoms with Gasteiger partial charge in [0, 0.05) is 6.54 Å². The number of amides is 4. The number of hydrogen-bond acceptors (Lipinski definition) is 4. The number of nitrogens with zero attached hydrogens (tertiary/aromatic N) is 2. The zero-order valence-electron chi connectivity index (χ0n) is 9.59. The highest BCUT2D eigenvalue weighted by atomic mass is 16.4. The minimum Gasteiger partial charge on any atom is -0.480 e. The number of nitrogens with one attached hydrogen (secondary N) is 1. The quantitative estimate of drug-likeness (QED) is 0.561. The van der Waals surface area contributed by atoms with Gasteiger partial charge in [-0.1, -0.05) is 0 Å². The molecule has 4 amide bonds. The molecular formula is C10H13N3O5. The predicted octanol–water partition coefficient (Wildman–Crippen LogP) is -1.39. The number of carboxylic acid groups (broad SMARTS) is 1. The van der Waals surface area contributed by atoms with E-state index >= 15 is 0 Å². The molecule has 2 heterocycles. The molecule has 8 nitrogen and oxygen atoms in total. The summed E-state index contributed by atoms with van der Waals surface area (Å²) in [5, 5.41) is 11.1. The summed E-state index contributed by atoms with van der Waals surface area (Å²) >= 11 is 0. The Bertz CT molecular complexity index is 406. The summed E-state index contributed by atoms with van der Waals surface area (Å²) in [6, 6.07) is -1.43. The molecule has 2 fully saturated rings. The van der Waals surface area contributed by atoms with E-state index in [0.717, 1.165) is 4.90 Å². The summed E-state index contributed by atoms with van der Waals surface area (Å²) in [7, 11) is 0. The van der Waals surface area contributed by atoms with Gasteiger partial charge < -0.3 is 14.9 Å². The van der Waals surface area contributed by atoms with Gasteiger partial charge in [-0.3, -0.25) is 14.9 Å². The molecule has 2 aliphatic heterocycles. The SMILES string of the molecule is O=C1CN(C(=O)N2CCC[C@H]2C(=O)O)CC(=O)N1. The number of aliphatic carboxylic acids is 1. The lowest BCUT2D eigenvalue weighted by molar-refractivity contribution is -0.141. The van der Waals surface area contributed by atoms with E-state index in [9.17, 15) is 19.2 Å². The number of carbonyl (C=O) groups is 4. The zero-order valence-corrected chi connectivity index (χ0v) is 9.59. The fourth-order valence-electron chi connectivity index (χ4n) is 2.21. The maximum atomic E-state index is 12.1. The molecule has 0 aromatic heterocycles. The van der Waals surface area contributed by atoms with Crippen molar-refractivity contribution in [1.82, 2.24) is 15.1 Å². The van der Waals surface area contributed by atoms with E-state index in [1.54, 1.807) is 0 Å². The molecule has 18 heavy (non-hydrogen) atoms. The highest BCUT2D eigenvalue weighted by molar-refractivity contribution is 6.02. The van der Waals surface area contributed by atoms with Crippen LogP contribution in [0, 0.1) is 0 Å². The van der Waals surface area contributed by atoms with Gasteiger partial charge in [0.1, 0.15) is 19.1 Å². The first-order chi connectivity index (χ1) is 8.49. The van der Waals surface area contributed by atoms with Crippen LogP contribution < -0.4 is 5.32 Å². The Kier molecular flexibility index (Phi) is 3.17. The molecule has 2 aliphatic rings.